The number of anilines is 1. The van der Waals surface area contributed by atoms with Crippen molar-refractivity contribution in [3.8, 4) is 0 Å². The van der Waals surface area contributed by atoms with Crippen molar-refractivity contribution in [1.29, 1.82) is 0 Å². The van der Waals surface area contributed by atoms with E-state index in [-0.39, 0.29) is 18.3 Å². The molecule has 0 radical (unpaired) electrons. The summed E-state index contributed by atoms with van der Waals surface area (Å²) >= 11 is 0. The average Bonchev–Trinajstić information content (AvgIpc) is 2.30. The number of hydrogen-bond donors (Lipinski definition) is 1. The van der Waals surface area contributed by atoms with Gasteiger partial charge in [0.05, 0.1) is 11.0 Å². The van der Waals surface area contributed by atoms with Crippen molar-refractivity contribution in [3.63, 3.8) is 0 Å². The van der Waals surface area contributed by atoms with Crippen LogP contribution in [0.5, 0.6) is 0 Å². The van der Waals surface area contributed by atoms with Crippen molar-refractivity contribution in [1.82, 2.24) is 4.98 Å². The zero-order valence-electron chi connectivity index (χ0n) is 11.0. The fourth-order valence-corrected chi connectivity index (χ4v) is 1.73. The zero-order valence-corrected chi connectivity index (χ0v) is 11.0. The van der Waals surface area contributed by atoms with E-state index in [1.807, 2.05) is 18.7 Å². The van der Waals surface area contributed by atoms with Crippen LogP contribution < -0.4 is 4.90 Å². The number of aromatic nitrogens is 1. The van der Waals surface area contributed by atoms with Crippen LogP contribution in [0.2, 0.25) is 0 Å². The summed E-state index contributed by atoms with van der Waals surface area (Å²) in [6.45, 7) is 6.37. The number of hydrogen-bond acceptors (Lipinski definition) is 5. The lowest BCUT2D eigenvalue weighted by atomic mass is 10.2. The highest BCUT2D eigenvalue weighted by Gasteiger charge is 2.17. The Balaban J connectivity index is 3.05. The summed E-state index contributed by atoms with van der Waals surface area (Å²) in [6, 6.07) is 1.67. The molecule has 0 unspecified atom stereocenters. The van der Waals surface area contributed by atoms with Crippen molar-refractivity contribution in [3.05, 3.63) is 27.9 Å². The van der Waals surface area contributed by atoms with E-state index in [1.165, 1.54) is 12.3 Å². The van der Waals surface area contributed by atoms with Crippen LogP contribution >= 0.6 is 0 Å². The molecule has 6 heteroatoms. The molecule has 0 aliphatic heterocycles. The lowest BCUT2D eigenvalue weighted by Gasteiger charge is -2.27. The number of aryl methyl sites for hydroxylation is 1. The molecule has 0 aromatic carbocycles. The number of aliphatic hydroxyl groups excluding tert-OH is 1. The van der Waals surface area contributed by atoms with Crippen molar-refractivity contribution >= 4 is 11.5 Å². The van der Waals surface area contributed by atoms with E-state index < -0.39 is 4.92 Å². The smallest absolute Gasteiger partial charge is 0.277 e. The van der Waals surface area contributed by atoms with Gasteiger partial charge in [-0.2, -0.15) is 0 Å². The fraction of sp³-hybridized carbons (Fsp3) is 0.583. The minimum Gasteiger partial charge on any atom is -0.396 e. The minimum atomic E-state index is -0.398. The first-order chi connectivity index (χ1) is 8.47. The first kappa shape index (κ1) is 14.4. The molecule has 1 rings (SSSR count). The molecule has 6 nitrogen and oxygen atoms in total. The third-order valence-electron chi connectivity index (χ3n) is 2.73. The number of rotatable bonds is 6. The highest BCUT2D eigenvalue weighted by molar-refractivity contribution is 5.51. The van der Waals surface area contributed by atoms with Crippen LogP contribution in [0.1, 0.15) is 25.8 Å². The Morgan fingerprint density at radius 2 is 2.22 bits per heavy atom. The molecule has 0 aliphatic rings. The van der Waals surface area contributed by atoms with Gasteiger partial charge in [-0.1, -0.05) is 0 Å². The van der Waals surface area contributed by atoms with Gasteiger partial charge in [-0.05, 0) is 27.2 Å². The summed E-state index contributed by atoms with van der Waals surface area (Å²) in [4.78, 5) is 16.7. The molecule has 18 heavy (non-hydrogen) atoms. The number of pyridine rings is 1. The van der Waals surface area contributed by atoms with E-state index in [9.17, 15) is 10.1 Å². The number of nitrogens with zero attached hydrogens (tertiary/aromatic N) is 3. The van der Waals surface area contributed by atoms with Crippen LogP contribution in [0.4, 0.5) is 11.5 Å². The molecule has 1 heterocycles. The maximum Gasteiger partial charge on any atom is 0.277 e. The van der Waals surface area contributed by atoms with Gasteiger partial charge in [0.2, 0.25) is 0 Å². The number of nitro groups is 1. The summed E-state index contributed by atoms with van der Waals surface area (Å²) in [5.41, 5.74) is 0.629. The molecule has 1 aromatic heterocycles. The Bertz CT molecular complexity index is 421. The van der Waals surface area contributed by atoms with Crippen LogP contribution in [0, 0.1) is 17.0 Å². The van der Waals surface area contributed by atoms with E-state index in [0.717, 1.165) is 0 Å². The molecule has 0 atom stereocenters. The molecule has 0 bridgehead atoms. The standard InChI is InChI=1S/C12H19N3O3/c1-9(2)14(5-4-6-16)12-7-11(15(17)18)10(3)8-13-12/h7-9,16H,4-6H2,1-3H3. The predicted octanol–water partition coefficient (Wildman–Crippen LogP) is 1.90. The Kier molecular flexibility index (Phi) is 5.03. The first-order valence-corrected chi connectivity index (χ1v) is 5.96. The topological polar surface area (TPSA) is 79.5 Å². The first-order valence-electron chi connectivity index (χ1n) is 5.96. The van der Waals surface area contributed by atoms with Gasteiger partial charge >= 0.3 is 0 Å². The summed E-state index contributed by atoms with van der Waals surface area (Å²) in [7, 11) is 0. The van der Waals surface area contributed by atoms with E-state index >= 15 is 0 Å². The number of aliphatic hydroxyl groups is 1. The van der Waals surface area contributed by atoms with Gasteiger partial charge in [-0.3, -0.25) is 10.1 Å². The maximum atomic E-state index is 10.9. The van der Waals surface area contributed by atoms with Gasteiger partial charge in [0.25, 0.3) is 5.69 Å². The second-order valence-corrected chi connectivity index (χ2v) is 4.45. The predicted molar refractivity (Wildman–Crippen MR) is 69.8 cm³/mol. The SMILES string of the molecule is Cc1cnc(N(CCCO)C(C)C)cc1[N+](=O)[O-]. The third kappa shape index (κ3) is 3.40. The Morgan fingerprint density at radius 1 is 1.56 bits per heavy atom. The summed E-state index contributed by atoms with van der Waals surface area (Å²) in [5, 5.41) is 19.8. The molecule has 0 saturated carbocycles. The molecule has 0 spiro atoms. The lowest BCUT2D eigenvalue weighted by molar-refractivity contribution is -0.385. The van der Waals surface area contributed by atoms with E-state index in [4.69, 9.17) is 5.11 Å². The van der Waals surface area contributed by atoms with Crippen molar-refractivity contribution < 1.29 is 10.0 Å². The molecule has 0 amide bonds. The summed E-state index contributed by atoms with van der Waals surface area (Å²) in [6.07, 6.45) is 2.13. The fourth-order valence-electron chi connectivity index (χ4n) is 1.73. The van der Waals surface area contributed by atoms with Crippen LogP contribution in [0.3, 0.4) is 0 Å². The monoisotopic (exact) mass is 253 g/mol. The quantitative estimate of drug-likeness (QED) is 0.618. The maximum absolute atomic E-state index is 10.9. The van der Waals surface area contributed by atoms with Crippen LogP contribution in [0.25, 0.3) is 0 Å². The Morgan fingerprint density at radius 3 is 2.72 bits per heavy atom. The van der Waals surface area contributed by atoms with E-state index in [0.29, 0.717) is 24.3 Å². The van der Waals surface area contributed by atoms with Gasteiger partial charge in [-0.15, -0.1) is 0 Å². The summed E-state index contributed by atoms with van der Waals surface area (Å²) in [5.74, 6) is 0.579. The molecule has 0 aliphatic carbocycles. The van der Waals surface area contributed by atoms with Gasteiger partial charge in [-0.25, -0.2) is 4.98 Å². The minimum absolute atomic E-state index is 0.0784. The Hall–Kier alpha value is -1.69. The molecule has 0 fully saturated rings. The molecule has 100 valence electrons. The molecular weight excluding hydrogens is 234 g/mol. The highest BCUT2D eigenvalue weighted by atomic mass is 16.6. The second kappa shape index (κ2) is 6.30. The largest absolute Gasteiger partial charge is 0.396 e. The second-order valence-electron chi connectivity index (χ2n) is 4.45. The van der Waals surface area contributed by atoms with E-state index in [2.05, 4.69) is 4.98 Å². The van der Waals surface area contributed by atoms with E-state index in [1.54, 1.807) is 6.92 Å². The molecular formula is C12H19N3O3. The van der Waals surface area contributed by atoms with Crippen LogP contribution in [-0.4, -0.2) is 34.2 Å². The Labute approximate surface area is 106 Å². The van der Waals surface area contributed by atoms with Crippen molar-refractivity contribution in [2.75, 3.05) is 18.1 Å². The molecule has 1 aromatic rings. The zero-order chi connectivity index (χ0) is 13.7. The van der Waals surface area contributed by atoms with Gasteiger partial charge < -0.3 is 10.0 Å². The van der Waals surface area contributed by atoms with Crippen LogP contribution in [-0.2, 0) is 0 Å². The summed E-state index contributed by atoms with van der Waals surface area (Å²) < 4.78 is 0. The van der Waals surface area contributed by atoms with Crippen LogP contribution in [0.15, 0.2) is 12.3 Å². The average molecular weight is 253 g/mol. The lowest BCUT2D eigenvalue weighted by Crippen LogP contribution is -2.33. The normalized spacial score (nSPS) is 10.7. The van der Waals surface area contributed by atoms with Gasteiger partial charge in [0, 0.05) is 31.0 Å². The highest BCUT2D eigenvalue weighted by Crippen LogP contribution is 2.23. The third-order valence-corrected chi connectivity index (χ3v) is 2.73. The molecule has 0 saturated heterocycles. The van der Waals surface area contributed by atoms with Gasteiger partial charge in [0.1, 0.15) is 5.82 Å². The van der Waals surface area contributed by atoms with Gasteiger partial charge in [0.15, 0.2) is 0 Å². The molecule has 1 N–H and O–H groups in total. The van der Waals surface area contributed by atoms with Crippen molar-refractivity contribution in [2.24, 2.45) is 0 Å². The van der Waals surface area contributed by atoms with Crippen molar-refractivity contribution in [2.45, 2.75) is 33.2 Å².